The number of amides is 1. The maximum atomic E-state index is 11.7. The van der Waals surface area contributed by atoms with Crippen LogP contribution in [0.3, 0.4) is 0 Å². The van der Waals surface area contributed by atoms with Gasteiger partial charge in [0.1, 0.15) is 0 Å². The van der Waals surface area contributed by atoms with E-state index in [2.05, 4.69) is 10.3 Å². The first-order valence-electron chi connectivity index (χ1n) is 8.12. The lowest BCUT2D eigenvalue weighted by Crippen LogP contribution is -2.36. The predicted molar refractivity (Wildman–Crippen MR) is 92.1 cm³/mol. The van der Waals surface area contributed by atoms with Crippen LogP contribution in [0.1, 0.15) is 25.5 Å². The highest BCUT2D eigenvalue weighted by molar-refractivity contribution is 5.89. The van der Waals surface area contributed by atoms with E-state index in [1.54, 1.807) is 6.08 Å². The SMILES string of the molecule is C[C@@H](NC(=O)COC(=O)/C=C/c1ccc2ccccc2n1)C1CC1. The predicted octanol–water partition coefficient (Wildman–Crippen LogP) is 2.71. The van der Waals surface area contributed by atoms with E-state index in [1.807, 2.05) is 43.3 Å². The molecule has 1 N–H and O–H groups in total. The Morgan fingerprint density at radius 1 is 1.29 bits per heavy atom. The number of rotatable bonds is 6. The maximum Gasteiger partial charge on any atom is 0.331 e. The summed E-state index contributed by atoms with van der Waals surface area (Å²) in [6, 6.07) is 11.7. The minimum atomic E-state index is -0.556. The van der Waals surface area contributed by atoms with E-state index in [1.165, 1.54) is 6.08 Å². The summed E-state index contributed by atoms with van der Waals surface area (Å²) in [5.41, 5.74) is 1.53. The molecule has 1 heterocycles. The minimum Gasteiger partial charge on any atom is -0.452 e. The van der Waals surface area contributed by atoms with Gasteiger partial charge in [0.05, 0.1) is 11.2 Å². The molecule has 0 saturated heterocycles. The third-order valence-electron chi connectivity index (χ3n) is 4.07. The average Bonchev–Trinajstić information content (AvgIpc) is 3.43. The number of aromatic nitrogens is 1. The van der Waals surface area contributed by atoms with Gasteiger partial charge >= 0.3 is 5.97 Å². The summed E-state index contributed by atoms with van der Waals surface area (Å²) >= 11 is 0. The zero-order valence-corrected chi connectivity index (χ0v) is 13.6. The van der Waals surface area contributed by atoms with Gasteiger partial charge in [-0.25, -0.2) is 9.78 Å². The highest BCUT2D eigenvalue weighted by Gasteiger charge is 2.28. The quantitative estimate of drug-likeness (QED) is 0.655. The van der Waals surface area contributed by atoms with Crippen LogP contribution >= 0.6 is 0 Å². The first-order chi connectivity index (χ1) is 11.6. The van der Waals surface area contributed by atoms with Crippen LogP contribution in [0.25, 0.3) is 17.0 Å². The summed E-state index contributed by atoms with van der Waals surface area (Å²) in [5.74, 6) is -0.248. The van der Waals surface area contributed by atoms with E-state index in [0.717, 1.165) is 23.7 Å². The Kier molecular flexibility index (Phi) is 4.89. The molecule has 2 aromatic rings. The third kappa shape index (κ3) is 4.41. The lowest BCUT2D eigenvalue weighted by Gasteiger charge is -2.12. The zero-order chi connectivity index (χ0) is 16.9. The molecule has 1 aromatic carbocycles. The lowest BCUT2D eigenvalue weighted by molar-refractivity contribution is -0.144. The molecule has 3 rings (SSSR count). The van der Waals surface area contributed by atoms with Crippen molar-refractivity contribution < 1.29 is 14.3 Å². The van der Waals surface area contributed by atoms with Crippen LogP contribution in [-0.2, 0) is 14.3 Å². The number of fused-ring (bicyclic) bond motifs is 1. The fraction of sp³-hybridized carbons (Fsp3) is 0.316. The maximum absolute atomic E-state index is 11.7. The lowest BCUT2D eigenvalue weighted by atomic mass is 10.2. The van der Waals surface area contributed by atoms with Gasteiger partial charge in [0.25, 0.3) is 5.91 Å². The van der Waals surface area contributed by atoms with E-state index >= 15 is 0 Å². The van der Waals surface area contributed by atoms with Gasteiger partial charge in [0.2, 0.25) is 0 Å². The van der Waals surface area contributed by atoms with Crippen molar-refractivity contribution in [1.29, 1.82) is 0 Å². The van der Waals surface area contributed by atoms with Gasteiger partial charge in [-0.15, -0.1) is 0 Å². The molecule has 0 aliphatic heterocycles. The van der Waals surface area contributed by atoms with E-state index < -0.39 is 5.97 Å². The summed E-state index contributed by atoms with van der Waals surface area (Å²) < 4.78 is 4.95. The molecule has 1 amide bonds. The Morgan fingerprint density at radius 3 is 2.88 bits per heavy atom. The summed E-state index contributed by atoms with van der Waals surface area (Å²) in [5, 5.41) is 3.88. The topological polar surface area (TPSA) is 68.3 Å². The minimum absolute atomic E-state index is 0.147. The van der Waals surface area contributed by atoms with Gasteiger partial charge in [-0.1, -0.05) is 24.3 Å². The van der Waals surface area contributed by atoms with Crippen molar-refractivity contribution in [2.75, 3.05) is 6.61 Å². The molecule has 1 aromatic heterocycles. The molecular formula is C19H20N2O3. The Labute approximate surface area is 140 Å². The van der Waals surface area contributed by atoms with Crippen molar-refractivity contribution in [3.8, 4) is 0 Å². The first-order valence-corrected chi connectivity index (χ1v) is 8.12. The number of hydrogen-bond acceptors (Lipinski definition) is 4. The molecule has 24 heavy (non-hydrogen) atoms. The van der Waals surface area contributed by atoms with Gasteiger partial charge in [-0.05, 0) is 43.9 Å². The van der Waals surface area contributed by atoms with Crippen LogP contribution in [0.4, 0.5) is 0 Å². The van der Waals surface area contributed by atoms with E-state index in [9.17, 15) is 9.59 Å². The number of nitrogens with one attached hydrogen (secondary N) is 1. The monoisotopic (exact) mass is 324 g/mol. The van der Waals surface area contributed by atoms with Gasteiger partial charge in [-0.3, -0.25) is 4.79 Å². The number of carbonyl (C=O) groups excluding carboxylic acids is 2. The van der Waals surface area contributed by atoms with Crippen LogP contribution in [0.5, 0.6) is 0 Å². The normalized spacial score (nSPS) is 15.4. The van der Waals surface area contributed by atoms with Crippen molar-refractivity contribution in [2.45, 2.75) is 25.8 Å². The number of esters is 1. The second-order valence-electron chi connectivity index (χ2n) is 6.06. The molecule has 5 heteroatoms. The summed E-state index contributed by atoms with van der Waals surface area (Å²) in [6.45, 7) is 1.72. The summed E-state index contributed by atoms with van der Waals surface area (Å²) in [7, 11) is 0. The second-order valence-corrected chi connectivity index (χ2v) is 6.06. The van der Waals surface area contributed by atoms with E-state index in [4.69, 9.17) is 4.74 Å². The molecule has 0 radical (unpaired) electrons. The number of carbonyl (C=O) groups is 2. The van der Waals surface area contributed by atoms with Crippen molar-refractivity contribution in [2.24, 2.45) is 5.92 Å². The molecule has 0 unspecified atom stereocenters. The molecule has 1 aliphatic carbocycles. The smallest absolute Gasteiger partial charge is 0.331 e. The van der Waals surface area contributed by atoms with Crippen LogP contribution in [0.2, 0.25) is 0 Å². The molecule has 0 spiro atoms. The van der Waals surface area contributed by atoms with Gasteiger partial charge in [0.15, 0.2) is 6.61 Å². The highest BCUT2D eigenvalue weighted by Crippen LogP contribution is 2.32. The molecule has 0 bridgehead atoms. The number of ether oxygens (including phenoxy) is 1. The molecule has 1 atom stereocenters. The first kappa shape index (κ1) is 16.2. The van der Waals surface area contributed by atoms with Crippen LogP contribution in [0, 0.1) is 5.92 Å². The van der Waals surface area contributed by atoms with Crippen molar-refractivity contribution >= 4 is 28.9 Å². The number of benzene rings is 1. The average molecular weight is 324 g/mol. The zero-order valence-electron chi connectivity index (χ0n) is 13.6. The number of nitrogens with zero attached hydrogens (tertiary/aromatic N) is 1. The Morgan fingerprint density at radius 2 is 2.08 bits per heavy atom. The number of para-hydroxylation sites is 1. The van der Waals surface area contributed by atoms with Gasteiger partial charge in [-0.2, -0.15) is 0 Å². The standard InChI is InChI=1S/C19H20N2O3/c1-13(14-6-7-14)20-18(22)12-24-19(23)11-10-16-9-8-15-4-2-3-5-17(15)21-16/h2-5,8-11,13-14H,6-7,12H2,1H3,(H,20,22)/b11-10+/t13-/m1/s1. The molecule has 1 saturated carbocycles. The second kappa shape index (κ2) is 7.25. The molecule has 5 nitrogen and oxygen atoms in total. The number of pyridine rings is 1. The van der Waals surface area contributed by atoms with Gasteiger partial charge in [0, 0.05) is 17.5 Å². The molecule has 1 fully saturated rings. The summed E-state index contributed by atoms with van der Waals surface area (Å²) in [6.07, 6.45) is 5.18. The highest BCUT2D eigenvalue weighted by atomic mass is 16.5. The third-order valence-corrected chi connectivity index (χ3v) is 4.07. The van der Waals surface area contributed by atoms with Crippen molar-refractivity contribution in [1.82, 2.24) is 10.3 Å². The largest absolute Gasteiger partial charge is 0.452 e. The Balaban J connectivity index is 1.49. The molecular weight excluding hydrogens is 304 g/mol. The van der Waals surface area contributed by atoms with Crippen molar-refractivity contribution in [3.05, 3.63) is 48.2 Å². The van der Waals surface area contributed by atoms with Crippen LogP contribution < -0.4 is 5.32 Å². The van der Waals surface area contributed by atoms with Crippen LogP contribution in [0.15, 0.2) is 42.5 Å². The molecule has 1 aliphatic rings. The van der Waals surface area contributed by atoms with Crippen LogP contribution in [-0.4, -0.2) is 29.5 Å². The Bertz CT molecular complexity index is 781. The van der Waals surface area contributed by atoms with E-state index in [-0.39, 0.29) is 18.6 Å². The number of hydrogen-bond donors (Lipinski definition) is 1. The summed E-state index contributed by atoms with van der Waals surface area (Å²) in [4.78, 5) is 27.8. The fourth-order valence-corrected chi connectivity index (χ4v) is 2.52. The van der Waals surface area contributed by atoms with E-state index in [0.29, 0.717) is 11.6 Å². The van der Waals surface area contributed by atoms with Gasteiger partial charge < -0.3 is 10.1 Å². The van der Waals surface area contributed by atoms with Crippen molar-refractivity contribution in [3.63, 3.8) is 0 Å². The Hall–Kier alpha value is -2.69. The fourth-order valence-electron chi connectivity index (χ4n) is 2.52. The molecule has 124 valence electrons.